The number of carbonyl (C=O) groups is 2. The van der Waals surface area contributed by atoms with Crippen molar-refractivity contribution >= 4 is 29.1 Å². The molecular formula is C25H23ClN2O2. The summed E-state index contributed by atoms with van der Waals surface area (Å²) in [5.74, 6) is -0.238. The predicted molar refractivity (Wildman–Crippen MR) is 119 cm³/mol. The molecule has 1 heterocycles. The van der Waals surface area contributed by atoms with Crippen molar-refractivity contribution in [2.75, 3.05) is 11.9 Å². The van der Waals surface area contributed by atoms with E-state index < -0.39 is 0 Å². The number of nitrogens with one attached hydrogen (secondary N) is 1. The molecule has 2 amide bonds. The van der Waals surface area contributed by atoms with Crippen LogP contribution in [0.2, 0.25) is 5.02 Å². The van der Waals surface area contributed by atoms with Gasteiger partial charge in [-0.05, 0) is 35.2 Å². The third-order valence-electron chi connectivity index (χ3n) is 5.43. The number of carbonyl (C=O) groups excluding carboxylic acids is 2. The molecule has 3 aromatic rings. The van der Waals surface area contributed by atoms with E-state index in [9.17, 15) is 9.59 Å². The third-order valence-corrected chi connectivity index (χ3v) is 5.76. The zero-order valence-electron chi connectivity index (χ0n) is 16.6. The Labute approximate surface area is 181 Å². The highest BCUT2D eigenvalue weighted by Crippen LogP contribution is 2.35. The maximum absolute atomic E-state index is 13.1. The van der Waals surface area contributed by atoms with Crippen molar-refractivity contribution in [2.24, 2.45) is 0 Å². The number of rotatable bonds is 5. The van der Waals surface area contributed by atoms with Gasteiger partial charge in [-0.15, -0.1) is 0 Å². The molecule has 1 unspecified atom stereocenters. The average molecular weight is 419 g/mol. The van der Waals surface area contributed by atoms with Crippen LogP contribution in [0.4, 0.5) is 5.69 Å². The fraction of sp³-hybridized carbons (Fsp3) is 0.200. The van der Waals surface area contributed by atoms with Crippen molar-refractivity contribution < 1.29 is 9.59 Å². The highest BCUT2D eigenvalue weighted by atomic mass is 35.5. The highest BCUT2D eigenvalue weighted by Gasteiger charge is 2.31. The lowest BCUT2D eigenvalue weighted by molar-refractivity contribution is -0.134. The topological polar surface area (TPSA) is 49.4 Å². The monoisotopic (exact) mass is 418 g/mol. The first-order valence-corrected chi connectivity index (χ1v) is 10.5. The molecule has 152 valence electrons. The van der Waals surface area contributed by atoms with Crippen molar-refractivity contribution in [3.8, 4) is 0 Å². The largest absolute Gasteiger partial charge is 0.331 e. The van der Waals surface area contributed by atoms with Crippen LogP contribution in [0.15, 0.2) is 78.9 Å². The van der Waals surface area contributed by atoms with E-state index in [4.69, 9.17) is 11.6 Å². The molecule has 0 bridgehead atoms. The molecular weight excluding hydrogens is 396 g/mol. The second-order valence-electron chi connectivity index (χ2n) is 7.38. The fourth-order valence-corrected chi connectivity index (χ4v) is 4.15. The summed E-state index contributed by atoms with van der Waals surface area (Å²) in [6, 6.07) is 25.3. The van der Waals surface area contributed by atoms with Gasteiger partial charge in [0.1, 0.15) is 0 Å². The van der Waals surface area contributed by atoms with E-state index >= 15 is 0 Å². The molecule has 5 heteroatoms. The first kappa shape index (κ1) is 20.2. The Bertz CT molecular complexity index is 1050. The van der Waals surface area contributed by atoms with E-state index in [0.29, 0.717) is 17.3 Å². The zero-order valence-corrected chi connectivity index (χ0v) is 17.3. The number of anilines is 1. The van der Waals surface area contributed by atoms with Crippen molar-refractivity contribution in [3.63, 3.8) is 0 Å². The summed E-state index contributed by atoms with van der Waals surface area (Å²) in [4.78, 5) is 27.4. The number of fused-ring (bicyclic) bond motifs is 1. The third kappa shape index (κ3) is 4.39. The molecule has 1 atom stereocenters. The quantitative estimate of drug-likeness (QED) is 0.616. The maximum Gasteiger partial charge on any atom is 0.224 e. The van der Waals surface area contributed by atoms with Crippen LogP contribution in [0.1, 0.15) is 35.6 Å². The summed E-state index contributed by atoms with van der Waals surface area (Å²) in [5, 5.41) is 3.27. The van der Waals surface area contributed by atoms with Crippen LogP contribution in [-0.2, 0) is 16.0 Å². The van der Waals surface area contributed by atoms with Crippen LogP contribution in [0, 0.1) is 0 Å². The number of halogens is 1. The molecule has 0 fully saturated rings. The normalized spacial score (nSPS) is 15.4. The molecule has 0 saturated heterocycles. The summed E-state index contributed by atoms with van der Waals surface area (Å²) in [5.41, 5.74) is 4.07. The van der Waals surface area contributed by atoms with Crippen LogP contribution in [-0.4, -0.2) is 23.3 Å². The van der Waals surface area contributed by atoms with Gasteiger partial charge in [0.15, 0.2) is 0 Å². The number of hydrogen-bond acceptors (Lipinski definition) is 2. The Morgan fingerprint density at radius 2 is 1.60 bits per heavy atom. The van der Waals surface area contributed by atoms with Gasteiger partial charge < -0.3 is 10.2 Å². The summed E-state index contributed by atoms with van der Waals surface area (Å²) >= 11 is 6.10. The molecule has 0 radical (unpaired) electrons. The lowest BCUT2D eigenvalue weighted by Crippen LogP contribution is -2.40. The van der Waals surface area contributed by atoms with Gasteiger partial charge in [-0.3, -0.25) is 9.59 Å². The van der Waals surface area contributed by atoms with Crippen molar-refractivity contribution in [2.45, 2.75) is 25.3 Å². The Hall–Kier alpha value is -3.11. The van der Waals surface area contributed by atoms with Crippen LogP contribution in [0.3, 0.4) is 0 Å². The van der Waals surface area contributed by atoms with E-state index in [1.165, 1.54) is 5.56 Å². The SMILES string of the molecule is O=C(CCC(=O)N1CCc2ccccc2C1c1ccccc1)Nc1ccccc1Cl. The van der Waals surface area contributed by atoms with Gasteiger partial charge in [0, 0.05) is 19.4 Å². The second-order valence-corrected chi connectivity index (χ2v) is 7.78. The first-order valence-electron chi connectivity index (χ1n) is 10.1. The molecule has 3 aromatic carbocycles. The standard InChI is InChI=1S/C25H23ClN2O2/c26-21-12-6-7-13-22(21)27-23(29)14-15-24(30)28-17-16-18-8-4-5-11-20(18)25(28)19-9-2-1-3-10-19/h1-13,25H,14-17H2,(H,27,29). The Kier molecular flexibility index (Phi) is 6.15. The molecule has 1 aliphatic rings. The number of para-hydroxylation sites is 1. The van der Waals surface area contributed by atoms with E-state index in [0.717, 1.165) is 17.5 Å². The smallest absolute Gasteiger partial charge is 0.224 e. The van der Waals surface area contributed by atoms with E-state index in [1.54, 1.807) is 18.2 Å². The Morgan fingerprint density at radius 3 is 2.40 bits per heavy atom. The number of benzene rings is 3. The number of nitrogens with zero attached hydrogens (tertiary/aromatic N) is 1. The Morgan fingerprint density at radius 1 is 0.900 bits per heavy atom. The van der Waals surface area contributed by atoms with Gasteiger partial charge >= 0.3 is 0 Å². The lowest BCUT2D eigenvalue weighted by atomic mass is 9.88. The molecule has 0 saturated carbocycles. The van der Waals surface area contributed by atoms with Gasteiger partial charge in [0.05, 0.1) is 16.8 Å². The van der Waals surface area contributed by atoms with Crippen molar-refractivity contribution in [1.82, 2.24) is 4.90 Å². The van der Waals surface area contributed by atoms with Crippen LogP contribution >= 0.6 is 11.6 Å². The summed E-state index contributed by atoms with van der Waals surface area (Å²) in [6.07, 6.45) is 1.09. The molecule has 0 aliphatic carbocycles. The van der Waals surface area contributed by atoms with Crippen molar-refractivity contribution in [3.05, 3.63) is 101 Å². The summed E-state index contributed by atoms with van der Waals surface area (Å²) in [7, 11) is 0. The molecule has 1 N–H and O–H groups in total. The molecule has 1 aliphatic heterocycles. The predicted octanol–water partition coefficient (Wildman–Crippen LogP) is 5.23. The number of amides is 2. The van der Waals surface area contributed by atoms with Gasteiger partial charge in [-0.1, -0.05) is 78.3 Å². The van der Waals surface area contributed by atoms with E-state index in [2.05, 4.69) is 29.6 Å². The van der Waals surface area contributed by atoms with E-state index in [-0.39, 0.29) is 30.7 Å². The zero-order chi connectivity index (χ0) is 20.9. The van der Waals surface area contributed by atoms with Gasteiger partial charge in [-0.2, -0.15) is 0 Å². The average Bonchev–Trinajstić information content (AvgIpc) is 2.79. The number of hydrogen-bond donors (Lipinski definition) is 1. The minimum Gasteiger partial charge on any atom is -0.331 e. The minimum atomic E-state index is -0.217. The van der Waals surface area contributed by atoms with Gasteiger partial charge in [-0.25, -0.2) is 0 Å². The summed E-state index contributed by atoms with van der Waals surface area (Å²) < 4.78 is 0. The maximum atomic E-state index is 13.1. The van der Waals surface area contributed by atoms with Crippen molar-refractivity contribution in [1.29, 1.82) is 0 Å². The minimum absolute atomic E-state index is 0.0207. The van der Waals surface area contributed by atoms with Gasteiger partial charge in [0.2, 0.25) is 11.8 Å². The highest BCUT2D eigenvalue weighted by molar-refractivity contribution is 6.33. The molecule has 30 heavy (non-hydrogen) atoms. The summed E-state index contributed by atoms with van der Waals surface area (Å²) in [6.45, 7) is 0.640. The lowest BCUT2D eigenvalue weighted by Gasteiger charge is -2.38. The molecule has 4 rings (SSSR count). The molecule has 4 nitrogen and oxygen atoms in total. The first-order chi connectivity index (χ1) is 14.6. The van der Waals surface area contributed by atoms with Gasteiger partial charge in [0.25, 0.3) is 0 Å². The van der Waals surface area contributed by atoms with Crippen LogP contribution < -0.4 is 5.32 Å². The van der Waals surface area contributed by atoms with E-state index in [1.807, 2.05) is 41.3 Å². The van der Waals surface area contributed by atoms with Crippen LogP contribution in [0.25, 0.3) is 0 Å². The van der Waals surface area contributed by atoms with Crippen LogP contribution in [0.5, 0.6) is 0 Å². The molecule has 0 aromatic heterocycles. The second kappa shape index (κ2) is 9.14. The molecule has 0 spiro atoms. The Balaban J connectivity index is 1.48. The fourth-order valence-electron chi connectivity index (χ4n) is 3.97.